The predicted molar refractivity (Wildman–Crippen MR) is 105 cm³/mol. The highest BCUT2D eigenvalue weighted by Crippen LogP contribution is 2.34. The van der Waals surface area contributed by atoms with Crippen molar-refractivity contribution in [2.24, 2.45) is 15.4 Å². The smallest absolute Gasteiger partial charge is 0.346 e. The summed E-state index contributed by atoms with van der Waals surface area (Å²) in [4.78, 5) is 29.9. The second-order valence-electron chi connectivity index (χ2n) is 5.80. The number of fused-ring (bicyclic) bond motifs is 1. The lowest BCUT2D eigenvalue weighted by atomic mass is 10.1. The van der Waals surface area contributed by atoms with E-state index in [1.807, 2.05) is 30.3 Å². The first-order chi connectivity index (χ1) is 13.7. The number of ether oxygens (including phenoxy) is 1. The first kappa shape index (κ1) is 18.1. The molecule has 9 heteroatoms. The van der Waals surface area contributed by atoms with Crippen LogP contribution in [0.15, 0.2) is 80.0 Å². The van der Waals surface area contributed by atoms with Crippen LogP contribution in [0.4, 0.5) is 0 Å². The number of thioether (sulfide) groups is 1. The van der Waals surface area contributed by atoms with E-state index in [4.69, 9.17) is 4.74 Å². The van der Waals surface area contributed by atoms with Crippen molar-refractivity contribution in [3.05, 3.63) is 76.2 Å². The number of pyridine rings is 1. The number of hydrogen-bond acceptors (Lipinski definition) is 8. The van der Waals surface area contributed by atoms with Gasteiger partial charge in [-0.25, -0.2) is 9.78 Å². The maximum Gasteiger partial charge on any atom is 0.346 e. The standard InChI is InChI=1S/C19H15N5O3S/c1-2-27-19(26)14-16(20-13-10-6-7-11-24(13)18(14)25)28-17-15(21-23-22-17)12-8-4-3-5-9-12/h3-11,15H,2H2,1H3. The Morgan fingerprint density at radius 1 is 1.18 bits per heavy atom. The summed E-state index contributed by atoms with van der Waals surface area (Å²) in [7, 11) is 0. The first-order valence-corrected chi connectivity index (χ1v) is 9.39. The van der Waals surface area contributed by atoms with Crippen molar-refractivity contribution in [3.8, 4) is 0 Å². The highest BCUT2D eigenvalue weighted by atomic mass is 32.2. The molecule has 140 valence electrons. The number of hydrogen-bond donors (Lipinski definition) is 0. The molecule has 0 saturated carbocycles. The zero-order valence-corrected chi connectivity index (χ0v) is 15.7. The van der Waals surface area contributed by atoms with Crippen LogP contribution < -0.4 is 5.56 Å². The van der Waals surface area contributed by atoms with Crippen LogP contribution in [0.2, 0.25) is 0 Å². The van der Waals surface area contributed by atoms with E-state index in [9.17, 15) is 9.59 Å². The third-order valence-electron chi connectivity index (χ3n) is 4.04. The minimum atomic E-state index is -0.718. The molecule has 0 amide bonds. The maximum atomic E-state index is 12.9. The molecular formula is C19H15N5O3S. The van der Waals surface area contributed by atoms with Gasteiger partial charge in [-0.05, 0) is 41.6 Å². The van der Waals surface area contributed by atoms with Gasteiger partial charge < -0.3 is 4.74 Å². The summed E-state index contributed by atoms with van der Waals surface area (Å²) >= 11 is 1.10. The van der Waals surface area contributed by atoms with Gasteiger partial charge in [0.1, 0.15) is 21.8 Å². The molecule has 1 unspecified atom stereocenters. The van der Waals surface area contributed by atoms with E-state index in [0.717, 1.165) is 17.3 Å². The van der Waals surface area contributed by atoms with Crippen molar-refractivity contribution in [3.63, 3.8) is 0 Å². The number of carbonyl (C=O) groups is 1. The Balaban J connectivity index is 1.79. The zero-order chi connectivity index (χ0) is 19.5. The summed E-state index contributed by atoms with van der Waals surface area (Å²) in [6.45, 7) is 1.83. The Kier molecular flexibility index (Phi) is 4.98. The minimum Gasteiger partial charge on any atom is -0.462 e. The van der Waals surface area contributed by atoms with Gasteiger partial charge in [-0.1, -0.05) is 36.4 Å². The van der Waals surface area contributed by atoms with Gasteiger partial charge in [0.15, 0.2) is 5.56 Å². The fourth-order valence-electron chi connectivity index (χ4n) is 2.77. The molecule has 0 aliphatic carbocycles. The van der Waals surface area contributed by atoms with E-state index < -0.39 is 17.6 Å². The van der Waals surface area contributed by atoms with Gasteiger partial charge in [-0.2, -0.15) is 5.11 Å². The van der Waals surface area contributed by atoms with Crippen LogP contribution in [0.1, 0.15) is 28.9 Å². The van der Waals surface area contributed by atoms with Crippen molar-refractivity contribution >= 4 is 28.4 Å². The molecule has 0 spiro atoms. The van der Waals surface area contributed by atoms with Crippen molar-refractivity contribution in [2.75, 3.05) is 6.61 Å². The summed E-state index contributed by atoms with van der Waals surface area (Å²) in [5, 5.41) is 12.8. The van der Waals surface area contributed by atoms with E-state index in [0.29, 0.717) is 10.7 Å². The summed E-state index contributed by atoms with van der Waals surface area (Å²) < 4.78 is 6.40. The molecule has 0 fully saturated rings. The molecule has 1 aliphatic heterocycles. The Morgan fingerprint density at radius 3 is 2.75 bits per heavy atom. The SMILES string of the molecule is CCOC(=O)c1c(SC2=NN=NC2c2ccccc2)nc2ccccn2c1=O. The molecule has 1 aliphatic rings. The van der Waals surface area contributed by atoms with Crippen LogP contribution >= 0.6 is 11.8 Å². The molecule has 1 aromatic carbocycles. The Bertz CT molecular complexity index is 1160. The number of benzene rings is 1. The highest BCUT2D eigenvalue weighted by Gasteiger charge is 2.28. The van der Waals surface area contributed by atoms with Gasteiger partial charge in [0.2, 0.25) is 0 Å². The fraction of sp³-hybridized carbons (Fsp3) is 0.158. The van der Waals surface area contributed by atoms with Gasteiger partial charge in [-0.15, -0.1) is 5.10 Å². The van der Waals surface area contributed by atoms with Crippen molar-refractivity contribution in [2.45, 2.75) is 18.0 Å². The molecule has 0 N–H and O–H groups in total. The van der Waals surface area contributed by atoms with Crippen molar-refractivity contribution in [1.29, 1.82) is 0 Å². The molecule has 0 bridgehead atoms. The van der Waals surface area contributed by atoms with E-state index in [1.54, 1.807) is 31.3 Å². The quantitative estimate of drug-likeness (QED) is 0.499. The number of aromatic nitrogens is 2. The molecular weight excluding hydrogens is 378 g/mol. The lowest BCUT2D eigenvalue weighted by Gasteiger charge is -2.12. The number of esters is 1. The third kappa shape index (κ3) is 3.31. The Labute approximate surface area is 164 Å². The number of carbonyl (C=O) groups excluding carboxylic acids is 1. The van der Waals surface area contributed by atoms with Gasteiger partial charge >= 0.3 is 5.97 Å². The predicted octanol–water partition coefficient (Wildman–Crippen LogP) is 3.48. The van der Waals surface area contributed by atoms with E-state index >= 15 is 0 Å². The Hall–Kier alpha value is -3.33. The monoisotopic (exact) mass is 393 g/mol. The number of nitrogens with zero attached hydrogens (tertiary/aromatic N) is 5. The van der Waals surface area contributed by atoms with Crippen LogP contribution in [0, 0.1) is 0 Å². The maximum absolute atomic E-state index is 12.9. The second kappa shape index (κ2) is 7.73. The molecule has 8 nitrogen and oxygen atoms in total. The lowest BCUT2D eigenvalue weighted by molar-refractivity contribution is 0.0519. The average molecular weight is 393 g/mol. The second-order valence-corrected chi connectivity index (χ2v) is 6.81. The van der Waals surface area contributed by atoms with E-state index in [1.165, 1.54) is 4.40 Å². The molecule has 1 atom stereocenters. The summed E-state index contributed by atoms with van der Waals surface area (Å²) in [5.41, 5.74) is 0.712. The van der Waals surface area contributed by atoms with Gasteiger partial charge in [0.25, 0.3) is 5.56 Å². The third-order valence-corrected chi connectivity index (χ3v) is 5.04. The molecule has 0 radical (unpaired) electrons. The molecule has 2 aromatic heterocycles. The van der Waals surface area contributed by atoms with Crippen LogP contribution in [-0.4, -0.2) is 27.0 Å². The van der Waals surface area contributed by atoms with Crippen molar-refractivity contribution in [1.82, 2.24) is 9.38 Å². The lowest BCUT2D eigenvalue weighted by Crippen LogP contribution is -2.26. The summed E-state index contributed by atoms with van der Waals surface area (Å²) in [5.74, 6) is -0.718. The molecule has 28 heavy (non-hydrogen) atoms. The van der Waals surface area contributed by atoms with Crippen LogP contribution in [-0.2, 0) is 4.74 Å². The molecule has 0 saturated heterocycles. The molecule has 4 rings (SSSR count). The molecule has 3 heterocycles. The van der Waals surface area contributed by atoms with Crippen LogP contribution in [0.25, 0.3) is 5.65 Å². The van der Waals surface area contributed by atoms with Gasteiger partial charge in [-0.3, -0.25) is 9.20 Å². The van der Waals surface area contributed by atoms with Crippen LogP contribution in [0.3, 0.4) is 0 Å². The van der Waals surface area contributed by atoms with Gasteiger partial charge in [0.05, 0.1) is 6.61 Å². The average Bonchev–Trinajstić information content (AvgIpc) is 3.17. The summed E-state index contributed by atoms with van der Waals surface area (Å²) in [6, 6.07) is 14.3. The highest BCUT2D eigenvalue weighted by molar-refractivity contribution is 8.14. The zero-order valence-electron chi connectivity index (χ0n) is 14.8. The van der Waals surface area contributed by atoms with E-state index in [2.05, 4.69) is 20.4 Å². The fourth-order valence-corrected chi connectivity index (χ4v) is 3.75. The number of rotatable bonds is 4. The molecule has 3 aromatic rings. The van der Waals surface area contributed by atoms with Crippen LogP contribution in [0.5, 0.6) is 0 Å². The van der Waals surface area contributed by atoms with Crippen molar-refractivity contribution < 1.29 is 9.53 Å². The first-order valence-electron chi connectivity index (χ1n) is 8.58. The Morgan fingerprint density at radius 2 is 1.96 bits per heavy atom. The normalized spacial score (nSPS) is 15.6. The van der Waals surface area contributed by atoms with Gasteiger partial charge in [0, 0.05) is 6.20 Å². The van der Waals surface area contributed by atoms with E-state index in [-0.39, 0.29) is 17.2 Å². The largest absolute Gasteiger partial charge is 0.462 e. The minimum absolute atomic E-state index is 0.128. The topological polar surface area (TPSA) is 97.8 Å². The summed E-state index contributed by atoms with van der Waals surface area (Å²) in [6.07, 6.45) is 1.56.